The fourth-order valence-corrected chi connectivity index (χ4v) is 3.23. The van der Waals surface area contributed by atoms with Gasteiger partial charge in [0.25, 0.3) is 5.91 Å². The van der Waals surface area contributed by atoms with Gasteiger partial charge in [-0.05, 0) is 52.3 Å². The zero-order valence-electron chi connectivity index (χ0n) is 15.5. The number of hydrogen-bond acceptors (Lipinski definition) is 3. The van der Waals surface area contributed by atoms with E-state index in [1.165, 1.54) is 13.0 Å². The van der Waals surface area contributed by atoms with E-state index in [1.807, 2.05) is 27.7 Å². The van der Waals surface area contributed by atoms with Gasteiger partial charge in [0.15, 0.2) is 11.6 Å². The number of imide groups is 1. The molecule has 142 valence electrons. The lowest BCUT2D eigenvalue weighted by atomic mass is 9.92. The van der Waals surface area contributed by atoms with Gasteiger partial charge >= 0.3 is 6.03 Å². The molecule has 1 atom stereocenters. The van der Waals surface area contributed by atoms with Crippen LogP contribution in [0.3, 0.4) is 0 Å². The summed E-state index contributed by atoms with van der Waals surface area (Å²) in [5, 5.41) is 2.47. The number of urea groups is 1. The molecule has 0 spiro atoms. The van der Waals surface area contributed by atoms with Crippen LogP contribution in [0.5, 0.6) is 0 Å². The summed E-state index contributed by atoms with van der Waals surface area (Å²) in [6.45, 7) is 8.35. The van der Waals surface area contributed by atoms with Crippen LogP contribution in [0.1, 0.15) is 40.2 Å². The van der Waals surface area contributed by atoms with Gasteiger partial charge in [-0.2, -0.15) is 0 Å². The predicted octanol–water partition coefficient (Wildman–Crippen LogP) is 2.38. The zero-order chi connectivity index (χ0) is 19.8. The molecule has 1 aromatic rings. The minimum atomic E-state index is -1.56. The molecule has 1 fully saturated rings. The van der Waals surface area contributed by atoms with Crippen molar-refractivity contribution in [2.24, 2.45) is 0 Å². The van der Waals surface area contributed by atoms with E-state index >= 15 is 0 Å². The summed E-state index contributed by atoms with van der Waals surface area (Å²) in [4.78, 5) is 40.0. The number of benzene rings is 1. The van der Waals surface area contributed by atoms with Crippen molar-refractivity contribution < 1.29 is 23.2 Å². The van der Waals surface area contributed by atoms with Crippen LogP contribution in [-0.2, 0) is 15.1 Å². The molecule has 4 amide bonds. The van der Waals surface area contributed by atoms with Gasteiger partial charge in [0.1, 0.15) is 12.1 Å². The Labute approximate surface area is 151 Å². The third-order valence-corrected chi connectivity index (χ3v) is 4.47. The molecule has 0 radical (unpaired) electrons. The maximum atomic E-state index is 13.5. The Balaban J connectivity index is 2.28. The molecule has 1 heterocycles. The van der Waals surface area contributed by atoms with Gasteiger partial charge in [0.2, 0.25) is 5.91 Å². The molecule has 1 saturated heterocycles. The summed E-state index contributed by atoms with van der Waals surface area (Å²) >= 11 is 0. The lowest BCUT2D eigenvalue weighted by molar-refractivity contribution is -0.141. The van der Waals surface area contributed by atoms with Crippen LogP contribution in [0.25, 0.3) is 0 Å². The van der Waals surface area contributed by atoms with Gasteiger partial charge in [0, 0.05) is 12.1 Å². The van der Waals surface area contributed by atoms with Gasteiger partial charge in [0.05, 0.1) is 0 Å². The average Bonchev–Trinajstić information content (AvgIpc) is 2.73. The highest BCUT2D eigenvalue weighted by Crippen LogP contribution is 2.29. The highest BCUT2D eigenvalue weighted by atomic mass is 19.2. The molecule has 6 nitrogen and oxygen atoms in total. The van der Waals surface area contributed by atoms with Crippen molar-refractivity contribution in [3.63, 3.8) is 0 Å². The van der Waals surface area contributed by atoms with E-state index in [4.69, 9.17) is 0 Å². The van der Waals surface area contributed by atoms with Crippen LogP contribution in [0.15, 0.2) is 18.2 Å². The molecular weight excluding hydrogens is 344 g/mol. The maximum absolute atomic E-state index is 13.5. The Kier molecular flexibility index (Phi) is 5.34. The second-order valence-corrected chi connectivity index (χ2v) is 7.06. The molecule has 1 aromatic carbocycles. The Morgan fingerprint density at radius 3 is 2.23 bits per heavy atom. The van der Waals surface area contributed by atoms with E-state index in [0.29, 0.717) is 0 Å². The monoisotopic (exact) mass is 367 g/mol. The van der Waals surface area contributed by atoms with E-state index in [9.17, 15) is 23.2 Å². The Hall–Kier alpha value is -2.51. The van der Waals surface area contributed by atoms with Crippen molar-refractivity contribution in [1.82, 2.24) is 15.1 Å². The highest BCUT2D eigenvalue weighted by Gasteiger charge is 2.50. The predicted molar refractivity (Wildman–Crippen MR) is 91.1 cm³/mol. The third kappa shape index (κ3) is 3.40. The second-order valence-electron chi connectivity index (χ2n) is 7.06. The van der Waals surface area contributed by atoms with Crippen molar-refractivity contribution in [3.8, 4) is 0 Å². The van der Waals surface area contributed by atoms with Crippen LogP contribution in [0.4, 0.5) is 13.6 Å². The summed E-state index contributed by atoms with van der Waals surface area (Å²) in [6.07, 6.45) is 0. The average molecular weight is 367 g/mol. The van der Waals surface area contributed by atoms with Crippen LogP contribution >= 0.6 is 0 Å². The SMILES string of the molecule is CC(C)N(C(=O)CN1C(=O)N[C@@](C)(c2ccc(F)c(F)c2)C1=O)C(C)C. The van der Waals surface area contributed by atoms with E-state index < -0.39 is 35.7 Å². The van der Waals surface area contributed by atoms with Crippen LogP contribution in [-0.4, -0.2) is 46.3 Å². The van der Waals surface area contributed by atoms with Gasteiger partial charge in [-0.25, -0.2) is 13.6 Å². The molecule has 1 aliphatic heterocycles. The molecule has 2 rings (SSSR count). The van der Waals surface area contributed by atoms with E-state index in [2.05, 4.69) is 5.32 Å². The maximum Gasteiger partial charge on any atom is 0.325 e. The number of nitrogens with zero attached hydrogens (tertiary/aromatic N) is 2. The van der Waals surface area contributed by atoms with E-state index in [-0.39, 0.29) is 23.6 Å². The van der Waals surface area contributed by atoms with Crippen molar-refractivity contribution in [2.75, 3.05) is 6.54 Å². The number of carbonyl (C=O) groups is 3. The normalized spacial score (nSPS) is 20.1. The smallest absolute Gasteiger partial charge is 0.325 e. The number of carbonyl (C=O) groups excluding carboxylic acids is 3. The van der Waals surface area contributed by atoms with Crippen molar-refractivity contribution in [2.45, 2.75) is 52.2 Å². The van der Waals surface area contributed by atoms with Crippen LogP contribution < -0.4 is 5.32 Å². The quantitative estimate of drug-likeness (QED) is 0.813. The Morgan fingerprint density at radius 1 is 1.15 bits per heavy atom. The molecule has 8 heteroatoms. The number of nitrogens with one attached hydrogen (secondary N) is 1. The fourth-order valence-electron chi connectivity index (χ4n) is 3.23. The number of halogens is 2. The van der Waals surface area contributed by atoms with Crippen LogP contribution in [0.2, 0.25) is 0 Å². The van der Waals surface area contributed by atoms with Crippen molar-refractivity contribution in [3.05, 3.63) is 35.4 Å². The van der Waals surface area contributed by atoms with Gasteiger partial charge < -0.3 is 10.2 Å². The lowest BCUT2D eigenvalue weighted by Crippen LogP contribution is -2.49. The summed E-state index contributed by atoms with van der Waals surface area (Å²) in [5.74, 6) is -3.22. The standard InChI is InChI=1S/C18H23F2N3O3/c1-10(2)23(11(3)4)15(24)9-22-16(25)18(5,21-17(22)26)12-6-7-13(19)14(20)8-12/h6-8,10-11H,9H2,1-5H3,(H,21,26)/t18-/m0/s1. The first kappa shape index (κ1) is 19.8. The topological polar surface area (TPSA) is 69.7 Å². The molecule has 0 saturated carbocycles. The van der Waals surface area contributed by atoms with E-state index in [1.54, 1.807) is 4.90 Å². The third-order valence-electron chi connectivity index (χ3n) is 4.47. The summed E-state index contributed by atoms with van der Waals surface area (Å²) < 4.78 is 26.7. The molecule has 0 bridgehead atoms. The number of hydrogen-bond donors (Lipinski definition) is 1. The molecule has 0 unspecified atom stereocenters. The van der Waals surface area contributed by atoms with E-state index in [0.717, 1.165) is 17.0 Å². The summed E-state index contributed by atoms with van der Waals surface area (Å²) in [6, 6.07) is 2.05. The van der Waals surface area contributed by atoms with Gasteiger partial charge in [-0.15, -0.1) is 0 Å². The van der Waals surface area contributed by atoms with Gasteiger partial charge in [-0.3, -0.25) is 14.5 Å². The van der Waals surface area contributed by atoms with Crippen LogP contribution in [0, 0.1) is 11.6 Å². The molecular formula is C18H23F2N3O3. The second kappa shape index (κ2) is 7.01. The van der Waals surface area contributed by atoms with Gasteiger partial charge in [-0.1, -0.05) is 6.07 Å². The minimum Gasteiger partial charge on any atom is -0.336 e. The summed E-state index contributed by atoms with van der Waals surface area (Å²) in [7, 11) is 0. The summed E-state index contributed by atoms with van der Waals surface area (Å²) in [5.41, 5.74) is -1.46. The minimum absolute atomic E-state index is 0.0964. The molecule has 1 N–H and O–H groups in total. The number of rotatable bonds is 5. The Morgan fingerprint density at radius 2 is 1.73 bits per heavy atom. The molecule has 26 heavy (non-hydrogen) atoms. The number of amides is 4. The molecule has 0 aliphatic carbocycles. The van der Waals surface area contributed by atoms with Crippen molar-refractivity contribution >= 4 is 17.8 Å². The largest absolute Gasteiger partial charge is 0.336 e. The zero-order valence-corrected chi connectivity index (χ0v) is 15.5. The van der Waals surface area contributed by atoms with Crippen molar-refractivity contribution in [1.29, 1.82) is 0 Å². The first-order valence-corrected chi connectivity index (χ1v) is 8.39. The fraction of sp³-hybridized carbons (Fsp3) is 0.500. The first-order chi connectivity index (χ1) is 12.0. The Bertz CT molecular complexity index is 743. The first-order valence-electron chi connectivity index (χ1n) is 8.39. The molecule has 1 aliphatic rings. The highest BCUT2D eigenvalue weighted by molar-refractivity contribution is 6.09. The molecule has 0 aromatic heterocycles. The lowest BCUT2D eigenvalue weighted by Gasteiger charge is -2.32.